The fraction of sp³-hybridized carbons (Fsp3) is 1.00. The molecule has 2 unspecified atom stereocenters. The van der Waals surface area contributed by atoms with E-state index in [9.17, 15) is 0 Å². The second kappa shape index (κ2) is 11.4. The molecule has 0 aliphatic heterocycles. The molecule has 2 atom stereocenters. The quantitative estimate of drug-likeness (QED) is 0.536. The normalized spacial score (nSPS) is 15.0. The van der Waals surface area contributed by atoms with Crippen LogP contribution in [0.5, 0.6) is 0 Å². The monoisotopic (exact) mass is 227 g/mol. The van der Waals surface area contributed by atoms with Gasteiger partial charge >= 0.3 is 0 Å². The molecule has 0 aromatic heterocycles. The Balaban J connectivity index is 3.90. The highest BCUT2D eigenvalue weighted by atomic mass is 14.9. The molecule has 0 aromatic carbocycles. The second-order valence-electron chi connectivity index (χ2n) is 5.05. The zero-order valence-electron chi connectivity index (χ0n) is 12.0. The van der Waals surface area contributed by atoms with Crippen molar-refractivity contribution in [3.8, 4) is 0 Å². The van der Waals surface area contributed by atoms with Gasteiger partial charge in [-0.3, -0.25) is 0 Å². The van der Waals surface area contributed by atoms with Gasteiger partial charge in [-0.2, -0.15) is 0 Å². The minimum atomic E-state index is 0.770. The van der Waals surface area contributed by atoms with Crippen molar-refractivity contribution >= 4 is 0 Å². The van der Waals surface area contributed by atoms with Gasteiger partial charge in [0, 0.05) is 6.04 Å². The lowest BCUT2D eigenvalue weighted by Gasteiger charge is -2.23. The highest BCUT2D eigenvalue weighted by Crippen LogP contribution is 2.20. The molecule has 0 aromatic rings. The molecule has 1 heteroatoms. The van der Waals surface area contributed by atoms with E-state index in [-0.39, 0.29) is 0 Å². The molecule has 0 radical (unpaired) electrons. The van der Waals surface area contributed by atoms with Gasteiger partial charge in [0.25, 0.3) is 0 Å². The summed E-state index contributed by atoms with van der Waals surface area (Å²) in [5.74, 6) is 0.945. The first-order valence-corrected chi connectivity index (χ1v) is 7.51. The largest absolute Gasteiger partial charge is 0.314 e. The fourth-order valence-electron chi connectivity index (χ4n) is 2.43. The molecular formula is C15H33N. The number of hydrogen-bond acceptors (Lipinski definition) is 1. The van der Waals surface area contributed by atoms with Crippen LogP contribution in [-0.2, 0) is 0 Å². The van der Waals surface area contributed by atoms with Crippen LogP contribution < -0.4 is 5.32 Å². The van der Waals surface area contributed by atoms with Crippen LogP contribution in [0.3, 0.4) is 0 Å². The molecule has 0 heterocycles. The minimum absolute atomic E-state index is 0.770. The van der Waals surface area contributed by atoms with Gasteiger partial charge in [0.1, 0.15) is 0 Å². The van der Waals surface area contributed by atoms with Gasteiger partial charge in [-0.25, -0.2) is 0 Å². The first-order valence-electron chi connectivity index (χ1n) is 7.51. The predicted molar refractivity (Wildman–Crippen MR) is 74.9 cm³/mol. The summed E-state index contributed by atoms with van der Waals surface area (Å²) in [7, 11) is 0. The van der Waals surface area contributed by atoms with Gasteiger partial charge < -0.3 is 5.32 Å². The Morgan fingerprint density at radius 2 is 1.50 bits per heavy atom. The fourth-order valence-corrected chi connectivity index (χ4v) is 2.43. The Bertz CT molecular complexity index is 133. The molecule has 0 fully saturated rings. The lowest BCUT2D eigenvalue weighted by molar-refractivity contribution is 0.336. The summed E-state index contributed by atoms with van der Waals surface area (Å²) in [6.07, 6.45) is 11.0. The van der Waals surface area contributed by atoms with Crippen molar-refractivity contribution in [1.82, 2.24) is 5.32 Å². The van der Waals surface area contributed by atoms with Crippen molar-refractivity contribution in [3.63, 3.8) is 0 Å². The second-order valence-corrected chi connectivity index (χ2v) is 5.05. The average Bonchev–Trinajstić information content (AvgIpc) is 2.31. The zero-order chi connectivity index (χ0) is 12.2. The van der Waals surface area contributed by atoms with Crippen LogP contribution in [-0.4, -0.2) is 12.6 Å². The maximum Gasteiger partial charge on any atom is 0.00695 e. The van der Waals surface area contributed by atoms with Crippen LogP contribution in [0.4, 0.5) is 0 Å². The Labute approximate surface area is 103 Å². The first kappa shape index (κ1) is 16.0. The molecule has 1 nitrogen and oxygen atoms in total. The Hall–Kier alpha value is -0.0400. The van der Waals surface area contributed by atoms with Crippen LogP contribution in [0.15, 0.2) is 0 Å². The molecule has 16 heavy (non-hydrogen) atoms. The van der Waals surface area contributed by atoms with Crippen molar-refractivity contribution in [2.24, 2.45) is 5.92 Å². The Morgan fingerprint density at radius 1 is 0.875 bits per heavy atom. The number of unbranched alkanes of at least 4 members (excludes halogenated alkanes) is 2. The van der Waals surface area contributed by atoms with Crippen LogP contribution in [0.1, 0.15) is 79.1 Å². The van der Waals surface area contributed by atoms with E-state index in [4.69, 9.17) is 0 Å². The van der Waals surface area contributed by atoms with Crippen molar-refractivity contribution in [2.45, 2.75) is 85.1 Å². The Morgan fingerprint density at radius 3 is 2.00 bits per heavy atom. The summed E-state index contributed by atoms with van der Waals surface area (Å²) < 4.78 is 0. The lowest BCUT2D eigenvalue weighted by Crippen LogP contribution is -2.31. The summed E-state index contributed by atoms with van der Waals surface area (Å²) in [5, 5.41) is 3.66. The molecule has 0 aliphatic carbocycles. The first-order chi connectivity index (χ1) is 7.78. The molecule has 0 amide bonds. The lowest BCUT2D eigenvalue weighted by atomic mass is 9.90. The molecule has 0 saturated heterocycles. The summed E-state index contributed by atoms with van der Waals surface area (Å²) in [5.41, 5.74) is 0. The van der Waals surface area contributed by atoms with E-state index < -0.39 is 0 Å². The summed E-state index contributed by atoms with van der Waals surface area (Å²) in [4.78, 5) is 0. The highest BCUT2D eigenvalue weighted by molar-refractivity contribution is 4.71. The molecule has 0 spiro atoms. The predicted octanol–water partition coefficient (Wildman–Crippen LogP) is 4.76. The third-order valence-electron chi connectivity index (χ3n) is 3.56. The van der Waals surface area contributed by atoms with E-state index in [0.29, 0.717) is 0 Å². The van der Waals surface area contributed by atoms with Gasteiger partial charge in [0.2, 0.25) is 0 Å². The molecular weight excluding hydrogens is 194 g/mol. The van der Waals surface area contributed by atoms with Crippen LogP contribution in [0, 0.1) is 5.92 Å². The van der Waals surface area contributed by atoms with Crippen LogP contribution >= 0.6 is 0 Å². The SMILES string of the molecule is CCCCC(CC)CC(CCCC)NCC. The number of nitrogens with one attached hydrogen (secondary N) is 1. The molecule has 0 bridgehead atoms. The molecule has 98 valence electrons. The summed E-state index contributed by atoms with van der Waals surface area (Å²) in [6.45, 7) is 10.3. The third-order valence-corrected chi connectivity index (χ3v) is 3.56. The van der Waals surface area contributed by atoms with Crippen molar-refractivity contribution in [1.29, 1.82) is 0 Å². The highest BCUT2D eigenvalue weighted by Gasteiger charge is 2.13. The molecule has 1 N–H and O–H groups in total. The van der Waals surface area contributed by atoms with E-state index in [1.54, 1.807) is 0 Å². The smallest absolute Gasteiger partial charge is 0.00695 e. The molecule has 0 saturated carbocycles. The van der Waals surface area contributed by atoms with E-state index in [1.807, 2.05) is 0 Å². The van der Waals surface area contributed by atoms with Crippen LogP contribution in [0.2, 0.25) is 0 Å². The minimum Gasteiger partial charge on any atom is -0.314 e. The van der Waals surface area contributed by atoms with Gasteiger partial charge in [-0.1, -0.05) is 66.2 Å². The maximum atomic E-state index is 3.66. The standard InChI is InChI=1S/C15H33N/c1-5-9-11-14(7-3)13-15(16-8-4)12-10-6-2/h14-16H,5-13H2,1-4H3. The summed E-state index contributed by atoms with van der Waals surface area (Å²) in [6, 6.07) is 0.770. The number of hydrogen-bond donors (Lipinski definition) is 1. The maximum absolute atomic E-state index is 3.66. The molecule has 0 aliphatic rings. The third kappa shape index (κ3) is 8.15. The van der Waals surface area contributed by atoms with E-state index >= 15 is 0 Å². The van der Waals surface area contributed by atoms with Gasteiger partial charge in [-0.05, 0) is 25.3 Å². The van der Waals surface area contributed by atoms with Gasteiger partial charge in [0.05, 0.1) is 0 Å². The van der Waals surface area contributed by atoms with Gasteiger partial charge in [-0.15, -0.1) is 0 Å². The molecule has 0 rings (SSSR count). The van der Waals surface area contributed by atoms with Crippen molar-refractivity contribution in [3.05, 3.63) is 0 Å². The van der Waals surface area contributed by atoms with E-state index in [2.05, 4.69) is 33.0 Å². The number of rotatable bonds is 11. The van der Waals surface area contributed by atoms with E-state index in [0.717, 1.165) is 18.5 Å². The van der Waals surface area contributed by atoms with Crippen LogP contribution in [0.25, 0.3) is 0 Å². The van der Waals surface area contributed by atoms with E-state index in [1.165, 1.54) is 51.4 Å². The summed E-state index contributed by atoms with van der Waals surface area (Å²) >= 11 is 0. The zero-order valence-corrected chi connectivity index (χ0v) is 12.0. The average molecular weight is 227 g/mol. The van der Waals surface area contributed by atoms with Crippen molar-refractivity contribution < 1.29 is 0 Å². The topological polar surface area (TPSA) is 12.0 Å². The Kier molecular flexibility index (Phi) is 11.4. The van der Waals surface area contributed by atoms with Gasteiger partial charge in [0.15, 0.2) is 0 Å². The van der Waals surface area contributed by atoms with Crippen molar-refractivity contribution in [2.75, 3.05) is 6.54 Å².